The summed E-state index contributed by atoms with van der Waals surface area (Å²) >= 11 is 1.74. The van der Waals surface area contributed by atoms with Gasteiger partial charge in [0.1, 0.15) is 12.0 Å². The maximum Gasteiger partial charge on any atom is 0.241 e. The van der Waals surface area contributed by atoms with Crippen LogP contribution in [0.5, 0.6) is 0 Å². The molecule has 0 fully saturated rings. The van der Waals surface area contributed by atoms with Gasteiger partial charge in [-0.15, -0.1) is 0 Å². The summed E-state index contributed by atoms with van der Waals surface area (Å²) in [6.45, 7) is 3.35. The van der Waals surface area contributed by atoms with Crippen LogP contribution in [0.4, 0.5) is 0 Å². The minimum absolute atomic E-state index is 0.0162. The fourth-order valence-electron chi connectivity index (χ4n) is 2.13. The third-order valence-electron chi connectivity index (χ3n) is 3.75. The van der Waals surface area contributed by atoms with Gasteiger partial charge in [-0.25, -0.2) is 9.98 Å². The number of aromatic nitrogens is 1. The van der Waals surface area contributed by atoms with Crippen LogP contribution in [0.25, 0.3) is 11.5 Å². The number of carbonyl (C=O) groups excluding carboxylic acids is 1. The molecule has 0 aliphatic carbocycles. The van der Waals surface area contributed by atoms with E-state index in [-0.39, 0.29) is 12.5 Å². The first-order valence-corrected chi connectivity index (χ1v) is 10.1. The zero-order valence-corrected chi connectivity index (χ0v) is 17.1. The van der Waals surface area contributed by atoms with Crippen molar-refractivity contribution in [1.29, 1.82) is 0 Å². The Kier molecular flexibility index (Phi) is 8.19. The van der Waals surface area contributed by atoms with Crippen LogP contribution in [0.3, 0.4) is 0 Å². The molecule has 0 bridgehead atoms. The van der Waals surface area contributed by atoms with E-state index in [2.05, 4.69) is 20.6 Å². The van der Waals surface area contributed by atoms with Gasteiger partial charge in [0.25, 0.3) is 0 Å². The molecule has 1 aromatic heterocycles. The predicted molar refractivity (Wildman–Crippen MR) is 111 cm³/mol. The van der Waals surface area contributed by atoms with Crippen molar-refractivity contribution in [2.24, 2.45) is 4.99 Å². The quantitative estimate of drug-likeness (QED) is 0.409. The summed E-state index contributed by atoms with van der Waals surface area (Å²) in [7, 11) is 3.45. The molecule has 2 aromatic rings. The summed E-state index contributed by atoms with van der Waals surface area (Å²) in [6, 6.07) is 8.02. The Bertz CT molecular complexity index is 756. The van der Waals surface area contributed by atoms with E-state index in [1.54, 1.807) is 32.1 Å². The molecule has 0 saturated heterocycles. The second-order valence-corrected chi connectivity index (χ2v) is 7.22. The maximum absolute atomic E-state index is 11.8. The zero-order valence-electron chi connectivity index (χ0n) is 16.3. The van der Waals surface area contributed by atoms with E-state index in [1.165, 1.54) is 10.5 Å². The van der Waals surface area contributed by atoms with Crippen LogP contribution in [0.1, 0.15) is 11.3 Å². The summed E-state index contributed by atoms with van der Waals surface area (Å²) in [5.74, 6) is 2.09. The standard InChI is InChI=1S/C19H27N5O2S/c1-14-5-7-15(8-6-14)18-23-16(13-26-18)11-21-19(20-9-10-27-4)22-12-17(25)24(2)3/h5-8,13H,9-12H2,1-4H3,(H2,20,21,22). The van der Waals surface area contributed by atoms with Gasteiger partial charge in [-0.1, -0.05) is 17.7 Å². The zero-order chi connectivity index (χ0) is 19.6. The number of likely N-dealkylation sites (N-methyl/N-ethyl adjacent to an activating group) is 1. The van der Waals surface area contributed by atoms with Crippen molar-refractivity contribution < 1.29 is 9.21 Å². The number of carbonyl (C=O) groups is 1. The number of hydrogen-bond acceptors (Lipinski definition) is 5. The molecule has 0 radical (unpaired) electrons. The minimum atomic E-state index is -0.0162. The molecule has 0 atom stereocenters. The van der Waals surface area contributed by atoms with Gasteiger partial charge in [-0.05, 0) is 25.3 Å². The Labute approximate surface area is 164 Å². The van der Waals surface area contributed by atoms with Gasteiger partial charge in [0, 0.05) is 32.0 Å². The fourth-order valence-corrected chi connectivity index (χ4v) is 2.44. The van der Waals surface area contributed by atoms with Gasteiger partial charge in [-0.2, -0.15) is 11.8 Å². The minimum Gasteiger partial charge on any atom is -0.444 e. The SMILES string of the molecule is CSCCNC(=NCc1coc(-c2ccc(C)cc2)n1)NCC(=O)N(C)C. The van der Waals surface area contributed by atoms with E-state index in [0.717, 1.165) is 23.6 Å². The van der Waals surface area contributed by atoms with Crippen molar-refractivity contribution in [2.75, 3.05) is 39.2 Å². The van der Waals surface area contributed by atoms with Crippen molar-refractivity contribution in [3.8, 4) is 11.5 Å². The molecule has 146 valence electrons. The Morgan fingerprint density at radius 2 is 2.00 bits per heavy atom. The molecule has 27 heavy (non-hydrogen) atoms. The second kappa shape index (κ2) is 10.6. The largest absolute Gasteiger partial charge is 0.444 e. The number of thioether (sulfide) groups is 1. The number of aliphatic imine (C=N–C) groups is 1. The molecule has 7 nitrogen and oxygen atoms in total. The van der Waals surface area contributed by atoms with E-state index in [4.69, 9.17) is 4.42 Å². The van der Waals surface area contributed by atoms with Gasteiger partial charge in [0.15, 0.2) is 5.96 Å². The van der Waals surface area contributed by atoms with Crippen LogP contribution in [-0.4, -0.2) is 60.9 Å². The molecular formula is C19H27N5O2S. The highest BCUT2D eigenvalue weighted by atomic mass is 32.2. The molecule has 0 aliphatic rings. The highest BCUT2D eigenvalue weighted by molar-refractivity contribution is 7.98. The van der Waals surface area contributed by atoms with Crippen LogP contribution in [0.15, 0.2) is 39.9 Å². The normalized spacial score (nSPS) is 11.3. The summed E-state index contributed by atoms with van der Waals surface area (Å²) < 4.78 is 5.57. The van der Waals surface area contributed by atoms with E-state index in [1.807, 2.05) is 37.4 Å². The Morgan fingerprint density at radius 1 is 1.26 bits per heavy atom. The fraction of sp³-hybridized carbons (Fsp3) is 0.421. The molecule has 0 unspecified atom stereocenters. The molecule has 2 N–H and O–H groups in total. The Balaban J connectivity index is 2.00. The smallest absolute Gasteiger partial charge is 0.241 e. The van der Waals surface area contributed by atoms with Gasteiger partial charge >= 0.3 is 0 Å². The van der Waals surface area contributed by atoms with Crippen molar-refractivity contribution in [1.82, 2.24) is 20.5 Å². The summed E-state index contributed by atoms with van der Waals surface area (Å²) in [6.07, 6.45) is 3.66. The lowest BCUT2D eigenvalue weighted by Gasteiger charge is -2.14. The number of amides is 1. The highest BCUT2D eigenvalue weighted by Crippen LogP contribution is 2.19. The first-order valence-electron chi connectivity index (χ1n) is 8.72. The molecule has 1 amide bonds. The topological polar surface area (TPSA) is 82.8 Å². The number of oxazole rings is 1. The first-order chi connectivity index (χ1) is 13.0. The van der Waals surface area contributed by atoms with Crippen LogP contribution in [0, 0.1) is 6.92 Å². The molecule has 0 aliphatic heterocycles. The van der Waals surface area contributed by atoms with Crippen molar-refractivity contribution in [3.63, 3.8) is 0 Å². The Hall–Kier alpha value is -2.48. The second-order valence-electron chi connectivity index (χ2n) is 6.24. The number of nitrogens with one attached hydrogen (secondary N) is 2. The van der Waals surface area contributed by atoms with E-state index in [9.17, 15) is 4.79 Å². The van der Waals surface area contributed by atoms with E-state index >= 15 is 0 Å². The Morgan fingerprint density at radius 3 is 2.67 bits per heavy atom. The molecule has 0 saturated carbocycles. The predicted octanol–water partition coefficient (Wildman–Crippen LogP) is 2.14. The van der Waals surface area contributed by atoms with Gasteiger partial charge in [0.05, 0.1) is 13.1 Å². The number of guanidine groups is 1. The van der Waals surface area contributed by atoms with Gasteiger partial charge in [-0.3, -0.25) is 4.79 Å². The van der Waals surface area contributed by atoms with Crippen molar-refractivity contribution in [2.45, 2.75) is 13.5 Å². The lowest BCUT2D eigenvalue weighted by atomic mass is 10.1. The molecule has 1 heterocycles. The molecule has 8 heteroatoms. The lowest BCUT2D eigenvalue weighted by molar-refractivity contribution is -0.127. The molecular weight excluding hydrogens is 362 g/mol. The van der Waals surface area contributed by atoms with E-state index < -0.39 is 0 Å². The average molecular weight is 390 g/mol. The molecule has 2 rings (SSSR count). The monoisotopic (exact) mass is 389 g/mol. The number of rotatable bonds is 8. The van der Waals surface area contributed by atoms with Crippen molar-refractivity contribution in [3.05, 3.63) is 41.8 Å². The third-order valence-corrected chi connectivity index (χ3v) is 4.37. The van der Waals surface area contributed by atoms with E-state index in [0.29, 0.717) is 18.4 Å². The first kappa shape index (κ1) is 20.8. The lowest BCUT2D eigenvalue weighted by Crippen LogP contribution is -2.43. The van der Waals surface area contributed by atoms with Gasteiger partial charge in [0.2, 0.25) is 11.8 Å². The summed E-state index contributed by atoms with van der Waals surface area (Å²) in [4.78, 5) is 22.3. The number of benzene rings is 1. The van der Waals surface area contributed by atoms with Crippen LogP contribution in [-0.2, 0) is 11.3 Å². The molecule has 0 spiro atoms. The molecule has 1 aromatic carbocycles. The number of aryl methyl sites for hydroxylation is 1. The highest BCUT2D eigenvalue weighted by Gasteiger charge is 2.08. The van der Waals surface area contributed by atoms with Crippen molar-refractivity contribution >= 4 is 23.6 Å². The van der Waals surface area contributed by atoms with Crippen LogP contribution in [0.2, 0.25) is 0 Å². The van der Waals surface area contributed by atoms with Gasteiger partial charge < -0.3 is 20.0 Å². The number of hydrogen-bond donors (Lipinski definition) is 2. The maximum atomic E-state index is 11.8. The van der Waals surface area contributed by atoms with Crippen LogP contribution >= 0.6 is 11.8 Å². The third kappa shape index (κ3) is 6.97. The average Bonchev–Trinajstić information content (AvgIpc) is 3.12. The van der Waals surface area contributed by atoms with Crippen LogP contribution < -0.4 is 10.6 Å². The number of nitrogens with zero attached hydrogens (tertiary/aromatic N) is 3. The summed E-state index contributed by atoms with van der Waals surface area (Å²) in [5, 5.41) is 6.27. The summed E-state index contributed by atoms with van der Waals surface area (Å²) in [5.41, 5.74) is 2.86.